The molecule has 0 aliphatic carbocycles. The number of anilines is 3. The second-order valence-corrected chi connectivity index (χ2v) is 10.5. The van der Waals surface area contributed by atoms with Gasteiger partial charge < -0.3 is 10.1 Å². The van der Waals surface area contributed by atoms with E-state index >= 15 is 0 Å². The Labute approximate surface area is 208 Å². The molecule has 1 aliphatic rings. The van der Waals surface area contributed by atoms with Crippen LogP contribution in [0.2, 0.25) is 5.02 Å². The topological polar surface area (TPSA) is 105 Å². The molecule has 0 saturated carbocycles. The van der Waals surface area contributed by atoms with Crippen LogP contribution in [0.15, 0.2) is 72.8 Å². The normalized spacial score (nSPS) is 15.3. The van der Waals surface area contributed by atoms with E-state index in [1.807, 2.05) is 0 Å². The third-order valence-corrected chi connectivity index (χ3v) is 7.60. The molecule has 0 unspecified atom stereocenters. The molecular weight excluding hydrogens is 490 g/mol. The zero-order valence-corrected chi connectivity index (χ0v) is 20.5. The van der Waals surface area contributed by atoms with E-state index < -0.39 is 28.1 Å². The molecule has 1 aliphatic heterocycles. The smallest absolute Gasteiger partial charge is 0.412 e. The summed E-state index contributed by atoms with van der Waals surface area (Å²) in [4.78, 5) is 25.7. The number of halogens is 1. The van der Waals surface area contributed by atoms with Crippen molar-refractivity contribution < 1.29 is 22.7 Å². The summed E-state index contributed by atoms with van der Waals surface area (Å²) in [6, 6.07) is 20.1. The van der Waals surface area contributed by atoms with Crippen LogP contribution in [0.1, 0.15) is 23.7 Å². The summed E-state index contributed by atoms with van der Waals surface area (Å²) in [7, 11) is -3.32. The fourth-order valence-corrected chi connectivity index (χ4v) is 5.57. The fourth-order valence-electron chi connectivity index (χ4n) is 3.82. The number of hydrogen-bond acceptors (Lipinski definition) is 5. The van der Waals surface area contributed by atoms with E-state index in [9.17, 15) is 18.0 Å². The molecule has 1 heterocycles. The van der Waals surface area contributed by atoms with Crippen LogP contribution < -0.4 is 14.9 Å². The first-order chi connectivity index (χ1) is 16.7. The number of hydrogen-bond donors (Lipinski definition) is 2. The first kappa shape index (κ1) is 24.6. The molecule has 2 N–H and O–H groups in total. The summed E-state index contributed by atoms with van der Waals surface area (Å²) in [6.45, 7) is 2.21. The zero-order chi connectivity index (χ0) is 25.0. The molecule has 0 radical (unpaired) electrons. The standard InChI is InChI=1S/C25H24ClN3O5S/c1-17-16-21(12-13-22(17)29-14-5-15-35(29,32)33)27-24(30)23(18-6-3-2-4-7-18)34-25(31)28-20-10-8-19(26)9-11-20/h2-4,6-13,16,23H,5,14-15H2,1H3,(H,27,30)(H,28,31)/t23-/m1/s1. The summed E-state index contributed by atoms with van der Waals surface area (Å²) >= 11 is 5.87. The van der Waals surface area contributed by atoms with Gasteiger partial charge >= 0.3 is 6.09 Å². The van der Waals surface area contributed by atoms with Crippen molar-refractivity contribution in [1.29, 1.82) is 0 Å². The maximum atomic E-state index is 13.2. The second kappa shape index (κ2) is 10.4. The summed E-state index contributed by atoms with van der Waals surface area (Å²) < 4.78 is 31.4. The van der Waals surface area contributed by atoms with Crippen molar-refractivity contribution in [1.82, 2.24) is 0 Å². The van der Waals surface area contributed by atoms with Crippen LogP contribution in [0, 0.1) is 6.92 Å². The van der Waals surface area contributed by atoms with E-state index in [4.69, 9.17) is 16.3 Å². The molecule has 3 aromatic carbocycles. The van der Waals surface area contributed by atoms with Gasteiger partial charge in [-0.2, -0.15) is 0 Å². The number of sulfonamides is 1. The highest BCUT2D eigenvalue weighted by Crippen LogP contribution is 2.30. The molecule has 0 bridgehead atoms. The lowest BCUT2D eigenvalue weighted by atomic mass is 10.1. The predicted octanol–water partition coefficient (Wildman–Crippen LogP) is 5.12. The Morgan fingerprint density at radius 3 is 2.29 bits per heavy atom. The van der Waals surface area contributed by atoms with Gasteiger partial charge in [-0.25, -0.2) is 13.2 Å². The monoisotopic (exact) mass is 513 g/mol. The van der Waals surface area contributed by atoms with Gasteiger partial charge in [-0.1, -0.05) is 41.9 Å². The second-order valence-electron chi connectivity index (χ2n) is 8.06. The number of rotatable bonds is 6. The van der Waals surface area contributed by atoms with Crippen LogP contribution in [0.25, 0.3) is 0 Å². The van der Waals surface area contributed by atoms with Crippen LogP contribution in [0.5, 0.6) is 0 Å². The third kappa shape index (κ3) is 5.93. The molecule has 0 aromatic heterocycles. The first-order valence-corrected chi connectivity index (χ1v) is 12.9. The largest absolute Gasteiger partial charge is 0.431 e. The molecule has 3 aromatic rings. The highest BCUT2D eigenvalue weighted by molar-refractivity contribution is 7.93. The van der Waals surface area contributed by atoms with Gasteiger partial charge in [0.05, 0.1) is 11.4 Å². The van der Waals surface area contributed by atoms with Gasteiger partial charge in [-0.05, 0) is 61.4 Å². The number of carbonyl (C=O) groups excluding carboxylic acids is 2. The molecule has 10 heteroatoms. The molecule has 1 fully saturated rings. The average molecular weight is 514 g/mol. The summed E-state index contributed by atoms with van der Waals surface area (Å²) in [5.74, 6) is -0.428. The Kier molecular flexibility index (Phi) is 7.28. The predicted molar refractivity (Wildman–Crippen MR) is 136 cm³/mol. The summed E-state index contributed by atoms with van der Waals surface area (Å²) in [5.41, 5.74) is 2.70. The number of aryl methyl sites for hydroxylation is 1. The lowest BCUT2D eigenvalue weighted by Gasteiger charge is -2.21. The van der Waals surface area contributed by atoms with Crippen LogP contribution in [-0.4, -0.2) is 32.7 Å². The third-order valence-electron chi connectivity index (χ3n) is 5.49. The van der Waals surface area contributed by atoms with E-state index in [1.54, 1.807) is 79.7 Å². The number of carbonyl (C=O) groups is 2. The van der Waals surface area contributed by atoms with Crippen LogP contribution in [0.3, 0.4) is 0 Å². The number of amides is 2. The van der Waals surface area contributed by atoms with Crippen LogP contribution >= 0.6 is 11.6 Å². The molecule has 2 amide bonds. The van der Waals surface area contributed by atoms with Gasteiger partial charge in [0.2, 0.25) is 16.1 Å². The Bertz CT molecular complexity index is 1330. The van der Waals surface area contributed by atoms with Crippen molar-refractivity contribution in [3.63, 3.8) is 0 Å². The van der Waals surface area contributed by atoms with Crippen molar-refractivity contribution in [3.05, 3.63) is 88.9 Å². The van der Waals surface area contributed by atoms with E-state index in [2.05, 4.69) is 10.6 Å². The van der Waals surface area contributed by atoms with Crippen LogP contribution in [0.4, 0.5) is 21.9 Å². The highest BCUT2D eigenvalue weighted by Gasteiger charge is 2.30. The Morgan fingerprint density at radius 1 is 0.971 bits per heavy atom. The van der Waals surface area contributed by atoms with Gasteiger partial charge in [0.25, 0.3) is 5.91 Å². The van der Waals surface area contributed by atoms with E-state index in [0.29, 0.717) is 46.2 Å². The number of nitrogens with one attached hydrogen (secondary N) is 2. The zero-order valence-electron chi connectivity index (χ0n) is 18.9. The fraction of sp³-hybridized carbons (Fsp3) is 0.200. The number of nitrogens with zero attached hydrogens (tertiary/aromatic N) is 1. The quantitative estimate of drug-likeness (QED) is 0.476. The van der Waals surface area contributed by atoms with Crippen LogP contribution in [-0.2, 0) is 19.6 Å². The van der Waals surface area contributed by atoms with Crippen molar-refractivity contribution in [3.8, 4) is 0 Å². The molecule has 8 nitrogen and oxygen atoms in total. The Balaban J connectivity index is 1.51. The van der Waals surface area contributed by atoms with Gasteiger partial charge in [-0.15, -0.1) is 0 Å². The summed E-state index contributed by atoms with van der Waals surface area (Å²) in [6.07, 6.45) is -1.45. The van der Waals surface area contributed by atoms with E-state index in [1.165, 1.54) is 4.31 Å². The highest BCUT2D eigenvalue weighted by atomic mass is 35.5. The Hall–Kier alpha value is -3.56. The van der Waals surface area contributed by atoms with Crippen molar-refractivity contribution in [2.75, 3.05) is 27.2 Å². The van der Waals surface area contributed by atoms with E-state index in [0.717, 1.165) is 0 Å². The van der Waals surface area contributed by atoms with Gasteiger partial charge in [0.15, 0.2) is 0 Å². The number of ether oxygens (including phenoxy) is 1. The maximum absolute atomic E-state index is 13.2. The minimum absolute atomic E-state index is 0.124. The minimum Gasteiger partial charge on any atom is -0.431 e. The number of benzene rings is 3. The maximum Gasteiger partial charge on any atom is 0.412 e. The molecule has 35 heavy (non-hydrogen) atoms. The van der Waals surface area contributed by atoms with E-state index in [-0.39, 0.29) is 5.75 Å². The van der Waals surface area contributed by atoms with Crippen molar-refractivity contribution in [2.45, 2.75) is 19.4 Å². The SMILES string of the molecule is Cc1cc(NC(=O)[C@H](OC(=O)Nc2ccc(Cl)cc2)c2ccccc2)ccc1N1CCCS1(=O)=O. The minimum atomic E-state index is -3.32. The molecular formula is C25H24ClN3O5S. The van der Waals surface area contributed by atoms with Gasteiger partial charge in [-0.3, -0.25) is 14.4 Å². The Morgan fingerprint density at radius 2 is 1.66 bits per heavy atom. The summed E-state index contributed by atoms with van der Waals surface area (Å²) in [5, 5.41) is 5.87. The average Bonchev–Trinajstić information content (AvgIpc) is 3.18. The van der Waals surface area contributed by atoms with Gasteiger partial charge in [0, 0.05) is 28.5 Å². The lowest BCUT2D eigenvalue weighted by molar-refractivity contribution is -0.124. The lowest BCUT2D eigenvalue weighted by Crippen LogP contribution is -2.28. The molecule has 182 valence electrons. The molecule has 1 atom stereocenters. The van der Waals surface area contributed by atoms with Crippen molar-refractivity contribution in [2.24, 2.45) is 0 Å². The molecule has 4 rings (SSSR count). The molecule has 0 spiro atoms. The van der Waals surface area contributed by atoms with Gasteiger partial charge in [0.1, 0.15) is 0 Å². The molecule has 1 saturated heterocycles. The first-order valence-electron chi connectivity index (χ1n) is 10.9. The van der Waals surface area contributed by atoms with Crippen molar-refractivity contribution >= 4 is 50.7 Å².